The van der Waals surface area contributed by atoms with Gasteiger partial charge in [0, 0.05) is 37.9 Å². The number of anilines is 2. The normalized spacial score (nSPS) is 17.0. The van der Waals surface area contributed by atoms with Gasteiger partial charge in [0.2, 0.25) is 0 Å². The Kier molecular flexibility index (Phi) is 5.24. The molecule has 0 amide bonds. The molecule has 1 N–H and O–H groups in total. The minimum atomic E-state index is -0.0172. The van der Waals surface area contributed by atoms with E-state index in [1.54, 1.807) is 29.0 Å². The second-order valence-electron chi connectivity index (χ2n) is 8.40. The molecule has 1 saturated heterocycles. The second-order valence-corrected chi connectivity index (χ2v) is 8.83. The molecular weight excluding hydrogens is 412 g/mol. The number of hydrogen-bond acceptors (Lipinski definition) is 6. The molecule has 3 aromatic rings. The molecule has 7 nitrogen and oxygen atoms in total. The summed E-state index contributed by atoms with van der Waals surface area (Å²) in [6.07, 6.45) is 5.95. The smallest absolute Gasteiger partial charge is 0.250 e. The van der Waals surface area contributed by atoms with Crippen molar-refractivity contribution in [2.75, 3.05) is 23.3 Å². The number of piperidine rings is 1. The highest BCUT2D eigenvalue weighted by molar-refractivity contribution is 6.30. The molecule has 2 fully saturated rings. The first kappa shape index (κ1) is 19.8. The van der Waals surface area contributed by atoms with Gasteiger partial charge < -0.3 is 14.8 Å². The molecule has 31 heavy (non-hydrogen) atoms. The maximum Gasteiger partial charge on any atom is 0.250 e. The molecule has 0 spiro atoms. The maximum absolute atomic E-state index is 12.1. The van der Waals surface area contributed by atoms with Crippen molar-refractivity contribution in [3.8, 4) is 6.07 Å². The molecule has 0 atom stereocenters. The zero-order chi connectivity index (χ0) is 21.4. The standard InChI is InChI=1S/C23H23ClN6O/c24-17-2-6-21(31)30(14-17)13-15-7-9-29(10-8-15)23-22(26-18-3-4-18)27-19-5-1-16(12-25)11-20(19)28-23/h1-2,5-6,11,14-15,18H,3-4,7-10,13H2,(H,26,27). The van der Waals surface area contributed by atoms with Gasteiger partial charge in [-0.3, -0.25) is 4.79 Å². The number of aromatic nitrogens is 3. The fourth-order valence-corrected chi connectivity index (χ4v) is 4.28. The van der Waals surface area contributed by atoms with Crippen LogP contribution in [0, 0.1) is 17.2 Å². The lowest BCUT2D eigenvalue weighted by atomic mass is 9.96. The highest BCUT2D eigenvalue weighted by Gasteiger charge is 2.27. The maximum atomic E-state index is 12.1. The lowest BCUT2D eigenvalue weighted by Crippen LogP contribution is -2.37. The van der Waals surface area contributed by atoms with E-state index in [1.807, 2.05) is 6.07 Å². The van der Waals surface area contributed by atoms with Gasteiger partial charge in [0.25, 0.3) is 5.56 Å². The van der Waals surface area contributed by atoms with Gasteiger partial charge in [-0.05, 0) is 55.9 Å². The molecule has 0 unspecified atom stereocenters. The van der Waals surface area contributed by atoms with E-state index in [1.165, 1.54) is 6.07 Å². The first-order valence-electron chi connectivity index (χ1n) is 10.7. The zero-order valence-corrected chi connectivity index (χ0v) is 17.8. The number of pyridine rings is 1. The van der Waals surface area contributed by atoms with Gasteiger partial charge in [0.1, 0.15) is 0 Å². The minimum absolute atomic E-state index is 0.0172. The third-order valence-corrected chi connectivity index (χ3v) is 6.23. The first-order valence-corrected chi connectivity index (χ1v) is 11.1. The molecule has 1 aliphatic carbocycles. The molecule has 2 aliphatic rings. The van der Waals surface area contributed by atoms with Crippen molar-refractivity contribution in [3.63, 3.8) is 0 Å². The summed E-state index contributed by atoms with van der Waals surface area (Å²) in [5.74, 6) is 2.09. The van der Waals surface area contributed by atoms with Crippen molar-refractivity contribution in [2.24, 2.45) is 5.92 Å². The van der Waals surface area contributed by atoms with Crippen LogP contribution in [0.1, 0.15) is 31.2 Å². The number of halogens is 1. The summed E-state index contributed by atoms with van der Waals surface area (Å²) in [5, 5.41) is 13.3. The summed E-state index contributed by atoms with van der Waals surface area (Å²) in [4.78, 5) is 24.1. The summed E-state index contributed by atoms with van der Waals surface area (Å²) in [5.41, 5.74) is 2.10. The van der Waals surface area contributed by atoms with Crippen molar-refractivity contribution in [3.05, 3.63) is 57.5 Å². The average molecular weight is 435 g/mol. The fraction of sp³-hybridized carbons (Fsp3) is 0.391. The van der Waals surface area contributed by atoms with Crippen molar-refractivity contribution in [2.45, 2.75) is 38.3 Å². The third-order valence-electron chi connectivity index (χ3n) is 6.01. The van der Waals surface area contributed by atoms with Crippen LogP contribution in [0.3, 0.4) is 0 Å². The van der Waals surface area contributed by atoms with E-state index >= 15 is 0 Å². The van der Waals surface area contributed by atoms with Crippen molar-refractivity contribution in [1.82, 2.24) is 14.5 Å². The second kappa shape index (κ2) is 8.20. The highest BCUT2D eigenvalue weighted by atomic mass is 35.5. The van der Waals surface area contributed by atoms with E-state index in [4.69, 9.17) is 21.6 Å². The first-order chi connectivity index (χ1) is 15.1. The number of nitriles is 1. The van der Waals surface area contributed by atoms with Crippen LogP contribution in [-0.2, 0) is 6.54 Å². The summed E-state index contributed by atoms with van der Waals surface area (Å²) >= 11 is 6.06. The Hall–Kier alpha value is -3.11. The van der Waals surface area contributed by atoms with Gasteiger partial charge in [0.05, 0.1) is 27.7 Å². The Balaban J connectivity index is 1.37. The Bertz CT molecular complexity index is 1220. The quantitative estimate of drug-likeness (QED) is 0.657. The van der Waals surface area contributed by atoms with Crippen LogP contribution in [0.4, 0.5) is 11.6 Å². The Morgan fingerprint density at radius 1 is 1.10 bits per heavy atom. The predicted octanol–water partition coefficient (Wildman–Crippen LogP) is 3.81. The van der Waals surface area contributed by atoms with E-state index in [0.717, 1.165) is 61.4 Å². The molecule has 0 radical (unpaired) electrons. The van der Waals surface area contributed by atoms with E-state index in [9.17, 15) is 10.1 Å². The topological polar surface area (TPSA) is 86.8 Å². The fourth-order valence-electron chi connectivity index (χ4n) is 4.10. The highest BCUT2D eigenvalue weighted by Crippen LogP contribution is 2.33. The van der Waals surface area contributed by atoms with Crippen molar-refractivity contribution >= 4 is 34.3 Å². The van der Waals surface area contributed by atoms with Crippen LogP contribution >= 0.6 is 11.6 Å². The zero-order valence-electron chi connectivity index (χ0n) is 17.1. The molecule has 8 heteroatoms. The molecular formula is C23H23ClN6O. The summed E-state index contributed by atoms with van der Waals surface area (Å²) in [6, 6.07) is 11.2. The third kappa shape index (κ3) is 4.35. The van der Waals surface area contributed by atoms with Gasteiger partial charge in [-0.2, -0.15) is 5.26 Å². The predicted molar refractivity (Wildman–Crippen MR) is 122 cm³/mol. The number of hydrogen-bond donors (Lipinski definition) is 1. The molecule has 3 heterocycles. The van der Waals surface area contributed by atoms with Crippen LogP contribution in [0.2, 0.25) is 5.02 Å². The molecule has 1 aliphatic heterocycles. The van der Waals surface area contributed by atoms with Gasteiger partial charge in [-0.1, -0.05) is 11.6 Å². The summed E-state index contributed by atoms with van der Waals surface area (Å²) in [6.45, 7) is 2.37. The van der Waals surface area contributed by atoms with Gasteiger partial charge in [-0.25, -0.2) is 9.97 Å². The van der Waals surface area contributed by atoms with Gasteiger partial charge in [0.15, 0.2) is 11.6 Å². The number of fused-ring (bicyclic) bond motifs is 1. The monoisotopic (exact) mass is 434 g/mol. The lowest BCUT2D eigenvalue weighted by Gasteiger charge is -2.34. The van der Waals surface area contributed by atoms with Crippen LogP contribution in [0.25, 0.3) is 11.0 Å². The number of benzene rings is 1. The minimum Gasteiger partial charge on any atom is -0.364 e. The number of rotatable bonds is 5. The Morgan fingerprint density at radius 3 is 2.65 bits per heavy atom. The Morgan fingerprint density at radius 2 is 1.90 bits per heavy atom. The van der Waals surface area contributed by atoms with Gasteiger partial charge in [-0.15, -0.1) is 0 Å². The van der Waals surface area contributed by atoms with E-state index in [0.29, 0.717) is 29.1 Å². The van der Waals surface area contributed by atoms with Crippen molar-refractivity contribution in [1.29, 1.82) is 5.26 Å². The van der Waals surface area contributed by atoms with Crippen LogP contribution in [-0.4, -0.2) is 33.7 Å². The SMILES string of the molecule is N#Cc1ccc2nc(NC3CC3)c(N3CCC(Cn4cc(Cl)ccc4=O)CC3)nc2c1. The van der Waals surface area contributed by atoms with E-state index in [-0.39, 0.29) is 5.56 Å². The molecule has 1 aromatic carbocycles. The number of nitrogens with zero attached hydrogens (tertiary/aromatic N) is 5. The largest absolute Gasteiger partial charge is 0.364 e. The van der Waals surface area contributed by atoms with Crippen molar-refractivity contribution < 1.29 is 0 Å². The molecule has 5 rings (SSSR count). The molecule has 0 bridgehead atoms. The molecule has 158 valence electrons. The average Bonchev–Trinajstić information content (AvgIpc) is 3.60. The lowest BCUT2D eigenvalue weighted by molar-refractivity contribution is 0.352. The summed E-state index contributed by atoms with van der Waals surface area (Å²) in [7, 11) is 0. The van der Waals surface area contributed by atoms with Gasteiger partial charge >= 0.3 is 0 Å². The molecule has 1 saturated carbocycles. The van der Waals surface area contributed by atoms with Crippen LogP contribution < -0.4 is 15.8 Å². The number of nitrogens with one attached hydrogen (secondary N) is 1. The summed E-state index contributed by atoms with van der Waals surface area (Å²) < 4.78 is 1.71. The molecule has 2 aromatic heterocycles. The van der Waals surface area contributed by atoms with Crippen LogP contribution in [0.5, 0.6) is 0 Å². The van der Waals surface area contributed by atoms with E-state index < -0.39 is 0 Å². The Labute approximate surface area is 185 Å². The van der Waals surface area contributed by atoms with Crippen LogP contribution in [0.15, 0.2) is 41.3 Å². The van der Waals surface area contributed by atoms with E-state index in [2.05, 4.69) is 16.3 Å².